The van der Waals surface area contributed by atoms with E-state index in [1.807, 2.05) is 0 Å². The number of hydrogen-bond donors (Lipinski definition) is 1. The van der Waals surface area contributed by atoms with Crippen LogP contribution in [0.25, 0.3) is 11.3 Å². The number of hydrogen-bond acceptors (Lipinski definition) is 2. The molecule has 1 aromatic carbocycles. The minimum absolute atomic E-state index is 0.258. The summed E-state index contributed by atoms with van der Waals surface area (Å²) in [6.07, 6.45) is 0. The fourth-order valence-electron chi connectivity index (χ4n) is 2.16. The van der Waals surface area contributed by atoms with Gasteiger partial charge in [-0.05, 0) is 50.6 Å². The third-order valence-electron chi connectivity index (χ3n) is 3.43. The van der Waals surface area contributed by atoms with Crippen LogP contribution in [0.2, 0.25) is 0 Å². The van der Waals surface area contributed by atoms with Gasteiger partial charge in [-0.25, -0.2) is 0 Å². The van der Waals surface area contributed by atoms with E-state index in [0.29, 0.717) is 0 Å². The van der Waals surface area contributed by atoms with Crippen molar-refractivity contribution in [3.63, 3.8) is 0 Å². The average Bonchev–Trinajstić information content (AvgIpc) is 2.82. The second-order valence-corrected chi connectivity index (χ2v) is 4.73. The molecule has 18 heavy (non-hydrogen) atoms. The van der Waals surface area contributed by atoms with Gasteiger partial charge in [-0.2, -0.15) is 0 Å². The standard InChI is InChI=1S/C16H21NO/c1-5-17-13(4)15-9-10-16(18-15)14-8-6-7-11(2)12(14)3/h6-10,13,17H,5H2,1-4H3. The lowest BCUT2D eigenvalue weighted by atomic mass is 10.0. The fourth-order valence-corrected chi connectivity index (χ4v) is 2.16. The monoisotopic (exact) mass is 243 g/mol. The van der Waals surface area contributed by atoms with Crippen molar-refractivity contribution >= 4 is 0 Å². The van der Waals surface area contributed by atoms with Gasteiger partial charge in [0.25, 0.3) is 0 Å². The maximum atomic E-state index is 5.96. The molecule has 96 valence electrons. The van der Waals surface area contributed by atoms with Crippen molar-refractivity contribution in [1.82, 2.24) is 5.32 Å². The van der Waals surface area contributed by atoms with Crippen molar-refractivity contribution in [1.29, 1.82) is 0 Å². The predicted octanol–water partition coefficient (Wildman–Crippen LogP) is 4.23. The van der Waals surface area contributed by atoms with E-state index >= 15 is 0 Å². The van der Waals surface area contributed by atoms with E-state index in [0.717, 1.165) is 18.1 Å². The highest BCUT2D eigenvalue weighted by atomic mass is 16.3. The van der Waals surface area contributed by atoms with Crippen molar-refractivity contribution in [3.05, 3.63) is 47.2 Å². The van der Waals surface area contributed by atoms with Gasteiger partial charge in [-0.1, -0.05) is 25.1 Å². The van der Waals surface area contributed by atoms with Gasteiger partial charge in [0.05, 0.1) is 6.04 Å². The molecule has 0 bridgehead atoms. The van der Waals surface area contributed by atoms with Crippen molar-refractivity contribution in [2.45, 2.75) is 33.7 Å². The molecule has 2 nitrogen and oxygen atoms in total. The maximum absolute atomic E-state index is 5.96. The lowest BCUT2D eigenvalue weighted by Gasteiger charge is -2.09. The zero-order chi connectivity index (χ0) is 13.1. The van der Waals surface area contributed by atoms with Gasteiger partial charge in [0.2, 0.25) is 0 Å². The second kappa shape index (κ2) is 5.40. The van der Waals surface area contributed by atoms with Crippen LogP contribution < -0.4 is 5.32 Å². The first kappa shape index (κ1) is 12.9. The zero-order valence-electron chi connectivity index (χ0n) is 11.6. The smallest absolute Gasteiger partial charge is 0.134 e. The molecule has 0 aliphatic heterocycles. The summed E-state index contributed by atoms with van der Waals surface area (Å²) >= 11 is 0. The molecule has 1 N–H and O–H groups in total. The Morgan fingerprint density at radius 1 is 1.17 bits per heavy atom. The molecule has 0 spiro atoms. The number of furan rings is 1. The van der Waals surface area contributed by atoms with Gasteiger partial charge < -0.3 is 9.73 Å². The highest BCUT2D eigenvalue weighted by Crippen LogP contribution is 2.29. The first-order valence-corrected chi connectivity index (χ1v) is 6.53. The van der Waals surface area contributed by atoms with Gasteiger partial charge in [0, 0.05) is 5.56 Å². The highest BCUT2D eigenvalue weighted by Gasteiger charge is 2.12. The van der Waals surface area contributed by atoms with Gasteiger partial charge in [-0.15, -0.1) is 0 Å². The Balaban J connectivity index is 2.32. The van der Waals surface area contributed by atoms with Crippen LogP contribution >= 0.6 is 0 Å². The zero-order valence-corrected chi connectivity index (χ0v) is 11.6. The first-order chi connectivity index (χ1) is 8.63. The summed E-state index contributed by atoms with van der Waals surface area (Å²) in [7, 11) is 0. The molecule has 0 saturated heterocycles. The Labute approximate surface area is 109 Å². The van der Waals surface area contributed by atoms with E-state index in [2.05, 4.69) is 63.3 Å². The molecule has 0 amide bonds. The summed E-state index contributed by atoms with van der Waals surface area (Å²) in [6.45, 7) is 9.44. The van der Waals surface area contributed by atoms with Crippen molar-refractivity contribution in [2.24, 2.45) is 0 Å². The first-order valence-electron chi connectivity index (χ1n) is 6.53. The minimum atomic E-state index is 0.258. The summed E-state index contributed by atoms with van der Waals surface area (Å²) in [5.41, 5.74) is 3.77. The number of aryl methyl sites for hydroxylation is 1. The van der Waals surface area contributed by atoms with Crippen LogP contribution in [0.15, 0.2) is 34.7 Å². The molecule has 2 heteroatoms. The average molecular weight is 243 g/mol. The Kier molecular flexibility index (Phi) is 3.87. The lowest BCUT2D eigenvalue weighted by molar-refractivity contribution is 0.445. The van der Waals surface area contributed by atoms with Crippen molar-refractivity contribution in [2.75, 3.05) is 6.54 Å². The third kappa shape index (κ3) is 2.49. The lowest BCUT2D eigenvalue weighted by Crippen LogP contribution is -2.16. The third-order valence-corrected chi connectivity index (χ3v) is 3.43. The van der Waals surface area contributed by atoms with E-state index in [9.17, 15) is 0 Å². The highest BCUT2D eigenvalue weighted by molar-refractivity contribution is 5.63. The van der Waals surface area contributed by atoms with Gasteiger partial charge in [0.15, 0.2) is 0 Å². The molecule has 1 heterocycles. The van der Waals surface area contributed by atoms with Crippen LogP contribution in [0, 0.1) is 13.8 Å². The maximum Gasteiger partial charge on any atom is 0.134 e. The number of benzene rings is 1. The van der Waals surface area contributed by atoms with Crippen LogP contribution in [0.3, 0.4) is 0 Å². The Bertz CT molecular complexity index is 528. The second-order valence-electron chi connectivity index (χ2n) is 4.73. The molecule has 1 atom stereocenters. The predicted molar refractivity (Wildman–Crippen MR) is 75.7 cm³/mol. The van der Waals surface area contributed by atoms with Gasteiger partial charge >= 0.3 is 0 Å². The fraction of sp³-hybridized carbons (Fsp3) is 0.375. The van der Waals surface area contributed by atoms with E-state index in [1.165, 1.54) is 16.7 Å². The van der Waals surface area contributed by atoms with E-state index in [1.54, 1.807) is 0 Å². The van der Waals surface area contributed by atoms with E-state index in [4.69, 9.17) is 4.42 Å². The summed E-state index contributed by atoms with van der Waals surface area (Å²) in [5.74, 6) is 1.95. The van der Waals surface area contributed by atoms with Crippen LogP contribution in [0.5, 0.6) is 0 Å². The Morgan fingerprint density at radius 2 is 1.94 bits per heavy atom. The summed E-state index contributed by atoms with van der Waals surface area (Å²) in [5, 5.41) is 3.36. The molecule has 0 saturated carbocycles. The van der Waals surface area contributed by atoms with E-state index < -0.39 is 0 Å². The van der Waals surface area contributed by atoms with Crippen LogP contribution in [0.4, 0.5) is 0 Å². The van der Waals surface area contributed by atoms with Crippen LogP contribution in [-0.2, 0) is 0 Å². The molecule has 2 rings (SSSR count). The molecule has 1 aromatic heterocycles. The van der Waals surface area contributed by atoms with Crippen molar-refractivity contribution < 1.29 is 4.42 Å². The number of rotatable bonds is 4. The van der Waals surface area contributed by atoms with Gasteiger partial charge in [-0.3, -0.25) is 0 Å². The molecule has 1 unspecified atom stereocenters. The molecular weight excluding hydrogens is 222 g/mol. The molecule has 2 aromatic rings. The van der Waals surface area contributed by atoms with E-state index in [-0.39, 0.29) is 6.04 Å². The minimum Gasteiger partial charge on any atom is -0.459 e. The molecule has 0 radical (unpaired) electrons. The molecule has 0 aliphatic rings. The Morgan fingerprint density at radius 3 is 2.67 bits per heavy atom. The number of nitrogens with one attached hydrogen (secondary N) is 1. The molecule has 0 fully saturated rings. The van der Waals surface area contributed by atoms with Crippen LogP contribution in [0.1, 0.15) is 36.8 Å². The largest absolute Gasteiger partial charge is 0.459 e. The SMILES string of the molecule is CCNC(C)c1ccc(-c2cccc(C)c2C)o1. The quantitative estimate of drug-likeness (QED) is 0.869. The Hall–Kier alpha value is -1.54. The van der Waals surface area contributed by atoms with Crippen LogP contribution in [-0.4, -0.2) is 6.54 Å². The van der Waals surface area contributed by atoms with Gasteiger partial charge in [0.1, 0.15) is 11.5 Å². The summed E-state index contributed by atoms with van der Waals surface area (Å²) in [6, 6.07) is 10.7. The summed E-state index contributed by atoms with van der Waals surface area (Å²) < 4.78 is 5.96. The van der Waals surface area contributed by atoms with Crippen molar-refractivity contribution in [3.8, 4) is 11.3 Å². The topological polar surface area (TPSA) is 25.2 Å². The molecule has 0 aliphatic carbocycles. The normalized spacial score (nSPS) is 12.7. The summed E-state index contributed by atoms with van der Waals surface area (Å²) in [4.78, 5) is 0. The molecular formula is C16H21NO.